The second-order valence-electron chi connectivity index (χ2n) is 4.14. The Morgan fingerprint density at radius 3 is 2.78 bits per heavy atom. The Labute approximate surface area is 105 Å². The highest BCUT2D eigenvalue weighted by atomic mass is 16.3. The van der Waals surface area contributed by atoms with E-state index >= 15 is 0 Å². The van der Waals surface area contributed by atoms with Crippen molar-refractivity contribution in [2.24, 2.45) is 0 Å². The van der Waals surface area contributed by atoms with Crippen LogP contribution in [0.5, 0.6) is 0 Å². The van der Waals surface area contributed by atoms with Gasteiger partial charge >= 0.3 is 0 Å². The molecule has 1 aromatic heterocycles. The average molecular weight is 245 g/mol. The predicted molar refractivity (Wildman–Crippen MR) is 69.8 cm³/mol. The van der Waals surface area contributed by atoms with E-state index in [4.69, 9.17) is 4.42 Å². The Hall–Kier alpha value is -2.10. The zero-order valence-electron chi connectivity index (χ0n) is 10.4. The molecule has 0 aliphatic heterocycles. The number of carbonyl (C=O) groups is 1. The second-order valence-corrected chi connectivity index (χ2v) is 4.14. The van der Waals surface area contributed by atoms with Crippen molar-refractivity contribution in [2.45, 2.75) is 20.3 Å². The van der Waals surface area contributed by atoms with Crippen LogP contribution < -0.4 is 10.7 Å². The molecule has 1 amide bonds. The number of para-hydroxylation sites is 1. The summed E-state index contributed by atoms with van der Waals surface area (Å²) in [6.07, 6.45) is 0.836. The van der Waals surface area contributed by atoms with Crippen LogP contribution >= 0.6 is 0 Å². The summed E-state index contributed by atoms with van der Waals surface area (Å²) in [5.41, 5.74) is 0.635. The van der Waals surface area contributed by atoms with Gasteiger partial charge in [0.2, 0.25) is 0 Å². The minimum atomic E-state index is -0.336. The van der Waals surface area contributed by atoms with Gasteiger partial charge in [-0.05, 0) is 25.5 Å². The minimum absolute atomic E-state index is 0.104. The number of amides is 1. The van der Waals surface area contributed by atoms with Gasteiger partial charge in [0.15, 0.2) is 11.2 Å². The molecule has 1 N–H and O–H groups in total. The molecule has 4 heteroatoms. The van der Waals surface area contributed by atoms with Gasteiger partial charge in [0.05, 0.1) is 5.39 Å². The Kier molecular flexibility index (Phi) is 3.46. The van der Waals surface area contributed by atoms with Crippen LogP contribution in [0, 0.1) is 6.92 Å². The number of fused-ring (bicyclic) bond motifs is 1. The van der Waals surface area contributed by atoms with Gasteiger partial charge in [-0.2, -0.15) is 0 Å². The fourth-order valence-corrected chi connectivity index (χ4v) is 1.77. The van der Waals surface area contributed by atoms with E-state index in [0.29, 0.717) is 23.1 Å². The predicted octanol–water partition coefficient (Wildman–Crippen LogP) is 2.24. The van der Waals surface area contributed by atoms with E-state index in [2.05, 4.69) is 5.32 Å². The van der Waals surface area contributed by atoms with Gasteiger partial charge in [-0.3, -0.25) is 9.59 Å². The first-order valence-electron chi connectivity index (χ1n) is 5.95. The minimum Gasteiger partial charge on any atom is -0.450 e. The first kappa shape index (κ1) is 12.4. The molecule has 2 rings (SSSR count). The van der Waals surface area contributed by atoms with Crippen molar-refractivity contribution in [1.82, 2.24) is 5.32 Å². The van der Waals surface area contributed by atoms with Crippen LogP contribution in [0.25, 0.3) is 11.0 Å². The zero-order valence-corrected chi connectivity index (χ0v) is 10.4. The molecule has 1 aromatic carbocycles. The first-order valence-corrected chi connectivity index (χ1v) is 5.95. The van der Waals surface area contributed by atoms with Crippen molar-refractivity contribution in [1.29, 1.82) is 0 Å². The lowest BCUT2D eigenvalue weighted by Crippen LogP contribution is -2.26. The second kappa shape index (κ2) is 5.04. The summed E-state index contributed by atoms with van der Waals surface area (Å²) in [4.78, 5) is 24.0. The largest absolute Gasteiger partial charge is 0.450 e. The van der Waals surface area contributed by atoms with E-state index in [9.17, 15) is 9.59 Å². The lowest BCUT2D eigenvalue weighted by Gasteiger charge is -2.06. The molecule has 0 fully saturated rings. The van der Waals surface area contributed by atoms with Crippen molar-refractivity contribution in [2.75, 3.05) is 6.54 Å². The highest BCUT2D eigenvalue weighted by molar-refractivity contribution is 5.94. The summed E-state index contributed by atoms with van der Waals surface area (Å²) in [7, 11) is 0. The van der Waals surface area contributed by atoms with E-state index < -0.39 is 0 Å². The standard InChI is InChI=1S/C14H15NO3/c1-3-8-15-14(17)13-9(2)12(16)10-6-4-5-7-11(10)18-13/h4-7H,3,8H2,1-2H3,(H,15,17). The van der Waals surface area contributed by atoms with Crippen molar-refractivity contribution in [3.8, 4) is 0 Å². The van der Waals surface area contributed by atoms with E-state index in [1.807, 2.05) is 6.92 Å². The summed E-state index contributed by atoms with van der Waals surface area (Å²) < 4.78 is 5.52. The SMILES string of the molecule is CCCNC(=O)c1oc2ccccc2c(=O)c1C. The van der Waals surface area contributed by atoms with Crippen LogP contribution in [-0.4, -0.2) is 12.5 Å². The lowest BCUT2D eigenvalue weighted by molar-refractivity contribution is 0.0925. The molecular formula is C14H15NO3. The average Bonchev–Trinajstić information content (AvgIpc) is 2.40. The summed E-state index contributed by atoms with van der Waals surface area (Å²) >= 11 is 0. The van der Waals surface area contributed by atoms with Crippen LogP contribution in [0.3, 0.4) is 0 Å². The summed E-state index contributed by atoms with van der Waals surface area (Å²) in [6, 6.07) is 6.93. The van der Waals surface area contributed by atoms with E-state index in [0.717, 1.165) is 6.42 Å². The summed E-state index contributed by atoms with van der Waals surface area (Å²) in [5.74, 6) is -0.232. The van der Waals surface area contributed by atoms with Crippen LogP contribution in [0.2, 0.25) is 0 Å². The van der Waals surface area contributed by atoms with Crippen molar-refractivity contribution >= 4 is 16.9 Å². The number of hydrogen-bond donors (Lipinski definition) is 1. The molecule has 2 aromatic rings. The molecule has 0 saturated carbocycles. The Morgan fingerprint density at radius 2 is 2.06 bits per heavy atom. The molecule has 0 spiro atoms. The smallest absolute Gasteiger partial charge is 0.287 e. The highest BCUT2D eigenvalue weighted by Gasteiger charge is 2.16. The number of benzene rings is 1. The third-order valence-electron chi connectivity index (χ3n) is 2.77. The highest BCUT2D eigenvalue weighted by Crippen LogP contribution is 2.14. The van der Waals surface area contributed by atoms with Crippen LogP contribution in [0.15, 0.2) is 33.5 Å². The van der Waals surface area contributed by atoms with Gasteiger partial charge in [-0.15, -0.1) is 0 Å². The molecule has 18 heavy (non-hydrogen) atoms. The van der Waals surface area contributed by atoms with Gasteiger partial charge in [0, 0.05) is 12.1 Å². The quantitative estimate of drug-likeness (QED) is 0.902. The summed E-state index contributed by atoms with van der Waals surface area (Å²) in [5, 5.41) is 3.21. The zero-order chi connectivity index (χ0) is 13.1. The maximum Gasteiger partial charge on any atom is 0.287 e. The topological polar surface area (TPSA) is 59.3 Å². The van der Waals surface area contributed by atoms with Gasteiger partial charge in [-0.25, -0.2) is 0 Å². The van der Waals surface area contributed by atoms with Gasteiger partial charge in [-0.1, -0.05) is 19.1 Å². The maximum absolute atomic E-state index is 12.1. The molecule has 0 saturated heterocycles. The van der Waals surface area contributed by atoms with E-state index in [1.54, 1.807) is 31.2 Å². The van der Waals surface area contributed by atoms with Crippen LogP contribution in [0.4, 0.5) is 0 Å². The normalized spacial score (nSPS) is 10.6. The fourth-order valence-electron chi connectivity index (χ4n) is 1.77. The molecule has 4 nitrogen and oxygen atoms in total. The lowest BCUT2D eigenvalue weighted by atomic mass is 10.1. The third kappa shape index (κ3) is 2.14. The van der Waals surface area contributed by atoms with Crippen LogP contribution in [0.1, 0.15) is 29.5 Å². The molecule has 0 bridgehead atoms. The van der Waals surface area contributed by atoms with Crippen molar-refractivity contribution in [3.05, 3.63) is 45.8 Å². The van der Waals surface area contributed by atoms with Crippen molar-refractivity contribution < 1.29 is 9.21 Å². The summed E-state index contributed by atoms with van der Waals surface area (Å²) in [6.45, 7) is 4.14. The Morgan fingerprint density at radius 1 is 1.33 bits per heavy atom. The van der Waals surface area contributed by atoms with E-state index in [-0.39, 0.29) is 17.1 Å². The number of carbonyl (C=O) groups excluding carboxylic acids is 1. The first-order chi connectivity index (χ1) is 8.65. The fraction of sp³-hybridized carbons (Fsp3) is 0.286. The van der Waals surface area contributed by atoms with Crippen LogP contribution in [-0.2, 0) is 0 Å². The monoisotopic (exact) mass is 245 g/mol. The van der Waals surface area contributed by atoms with E-state index in [1.165, 1.54) is 0 Å². The molecule has 1 heterocycles. The molecular weight excluding hydrogens is 230 g/mol. The maximum atomic E-state index is 12.1. The third-order valence-corrected chi connectivity index (χ3v) is 2.77. The molecule has 0 aliphatic rings. The number of nitrogens with one attached hydrogen (secondary N) is 1. The molecule has 0 radical (unpaired) electrons. The molecule has 0 atom stereocenters. The van der Waals surface area contributed by atoms with Gasteiger partial charge < -0.3 is 9.73 Å². The number of rotatable bonds is 3. The Bertz CT molecular complexity index is 643. The molecule has 0 aliphatic carbocycles. The number of hydrogen-bond acceptors (Lipinski definition) is 3. The molecule has 0 unspecified atom stereocenters. The Balaban J connectivity index is 2.55. The molecule has 94 valence electrons. The van der Waals surface area contributed by atoms with Gasteiger partial charge in [0.25, 0.3) is 5.91 Å². The van der Waals surface area contributed by atoms with Crippen molar-refractivity contribution in [3.63, 3.8) is 0 Å². The van der Waals surface area contributed by atoms with Gasteiger partial charge in [0.1, 0.15) is 5.58 Å².